The minimum atomic E-state index is -6.49. The lowest BCUT2D eigenvalue weighted by Crippen LogP contribution is -2.44. The number of carbonyl (C=O) groups is 2. The Balaban J connectivity index is 5.41. The van der Waals surface area contributed by atoms with Crippen molar-refractivity contribution in [3.8, 4) is 0 Å². The van der Waals surface area contributed by atoms with E-state index in [1.807, 2.05) is 0 Å². The molecule has 2 nitrogen and oxygen atoms in total. The van der Waals surface area contributed by atoms with E-state index in [4.69, 9.17) is 0 Å². The molecular formula is C6F8O2. The van der Waals surface area contributed by atoms with E-state index in [1.54, 1.807) is 0 Å². The average molecular weight is 256 g/mol. The molecule has 0 rings (SSSR count). The van der Waals surface area contributed by atoms with Crippen molar-refractivity contribution in [1.82, 2.24) is 0 Å². The first-order valence-electron chi connectivity index (χ1n) is 3.17. The van der Waals surface area contributed by atoms with E-state index in [0.717, 1.165) is 0 Å². The van der Waals surface area contributed by atoms with Gasteiger partial charge in [0.2, 0.25) is 11.7 Å². The van der Waals surface area contributed by atoms with Crippen LogP contribution < -0.4 is 0 Å². The van der Waals surface area contributed by atoms with Gasteiger partial charge in [0.05, 0.1) is 0 Å². The predicted octanol–water partition coefficient (Wildman–Crippen LogP) is 2.40. The van der Waals surface area contributed by atoms with E-state index in [1.165, 1.54) is 0 Å². The van der Waals surface area contributed by atoms with Gasteiger partial charge >= 0.3 is 18.1 Å². The van der Waals surface area contributed by atoms with Gasteiger partial charge in [-0.05, 0) is 0 Å². The highest BCUT2D eigenvalue weighted by Crippen LogP contribution is 2.38. The monoisotopic (exact) mass is 256 g/mol. The number of alkyl halides is 5. The normalized spacial score (nSPS) is 14.5. The van der Waals surface area contributed by atoms with Crippen molar-refractivity contribution < 1.29 is 44.7 Å². The maximum Gasteiger partial charge on any atom is 0.461 e. The molecule has 0 N–H and O–H groups in total. The fourth-order valence-electron chi connectivity index (χ4n) is 0.453. The summed E-state index contributed by atoms with van der Waals surface area (Å²) >= 11 is 0. The molecule has 0 aliphatic heterocycles. The molecular weight excluding hydrogens is 256 g/mol. The molecule has 0 aromatic rings. The van der Waals surface area contributed by atoms with E-state index in [0.29, 0.717) is 0 Å². The highest BCUT2D eigenvalue weighted by Gasteiger charge is 2.64. The second-order valence-corrected chi connectivity index (χ2v) is 2.30. The summed E-state index contributed by atoms with van der Waals surface area (Å²) in [7, 11) is 0. The molecule has 0 saturated carbocycles. The first-order valence-corrected chi connectivity index (χ1v) is 3.17. The maximum atomic E-state index is 12.2. The number of allylic oxidation sites excluding steroid dienone is 2. The molecule has 0 aliphatic carbocycles. The zero-order chi connectivity index (χ0) is 13.3. The highest BCUT2D eigenvalue weighted by molar-refractivity contribution is 6.04. The molecule has 0 fully saturated rings. The first kappa shape index (κ1) is 14.5. The zero-order valence-corrected chi connectivity index (χ0v) is 6.84. The van der Waals surface area contributed by atoms with Crippen LogP contribution >= 0.6 is 0 Å². The quantitative estimate of drug-likeness (QED) is 0.441. The largest absolute Gasteiger partial charge is 0.461 e. The molecule has 92 valence electrons. The second kappa shape index (κ2) is 4.18. The lowest BCUT2D eigenvalue weighted by molar-refractivity contribution is -0.267. The number of carbonyl (C=O) groups excluding carboxylic acids is 2. The third kappa shape index (κ3) is 2.55. The zero-order valence-electron chi connectivity index (χ0n) is 6.84. The Bertz CT molecular complexity index is 352. The first-order chi connectivity index (χ1) is 6.93. The molecule has 16 heavy (non-hydrogen) atoms. The van der Waals surface area contributed by atoms with Gasteiger partial charge in [0, 0.05) is 0 Å². The molecule has 0 aromatic carbocycles. The summed E-state index contributed by atoms with van der Waals surface area (Å²) in [5.74, 6) is -16.6. The Hall–Kier alpha value is -1.48. The molecule has 0 saturated heterocycles. The van der Waals surface area contributed by atoms with Gasteiger partial charge in [-0.15, -0.1) is 0 Å². The van der Waals surface area contributed by atoms with Crippen LogP contribution in [0.1, 0.15) is 0 Å². The second-order valence-electron chi connectivity index (χ2n) is 2.30. The van der Waals surface area contributed by atoms with E-state index < -0.39 is 35.6 Å². The van der Waals surface area contributed by atoms with Crippen molar-refractivity contribution in [2.24, 2.45) is 0 Å². The minimum Gasteiger partial charge on any atom is -0.284 e. The molecule has 0 amide bonds. The SMILES string of the molecule is O=C(F)C(F)=C(F)C(=O)C(F)(F)C(F)(F)F. The van der Waals surface area contributed by atoms with Crippen LogP contribution in [0, 0.1) is 0 Å². The van der Waals surface area contributed by atoms with Crippen molar-refractivity contribution in [3.05, 3.63) is 11.7 Å². The Labute approximate surface area is 81.5 Å². The summed E-state index contributed by atoms with van der Waals surface area (Å²) in [5, 5.41) is 0. The molecule has 0 heterocycles. The summed E-state index contributed by atoms with van der Waals surface area (Å²) in [5.41, 5.74) is 0. The van der Waals surface area contributed by atoms with Crippen LogP contribution in [0.25, 0.3) is 0 Å². The number of rotatable bonds is 3. The lowest BCUT2D eigenvalue weighted by Gasteiger charge is -2.16. The van der Waals surface area contributed by atoms with Gasteiger partial charge in [-0.1, -0.05) is 0 Å². The van der Waals surface area contributed by atoms with Crippen LogP contribution in [-0.2, 0) is 9.59 Å². The molecule has 0 radical (unpaired) electrons. The Morgan fingerprint density at radius 3 is 1.38 bits per heavy atom. The van der Waals surface area contributed by atoms with Gasteiger partial charge < -0.3 is 0 Å². The van der Waals surface area contributed by atoms with Crippen LogP contribution in [0.4, 0.5) is 35.1 Å². The van der Waals surface area contributed by atoms with Crippen molar-refractivity contribution in [2.75, 3.05) is 0 Å². The molecule has 0 spiro atoms. The topological polar surface area (TPSA) is 34.1 Å². The fourth-order valence-corrected chi connectivity index (χ4v) is 0.453. The molecule has 0 aromatic heterocycles. The minimum absolute atomic E-state index is 3.24. The summed E-state index contributed by atoms with van der Waals surface area (Å²) in [6.45, 7) is 0. The van der Waals surface area contributed by atoms with Crippen LogP contribution in [-0.4, -0.2) is 23.9 Å². The molecule has 0 aliphatic rings. The standard InChI is InChI=1S/C6F8O2/c7-1(2(8)4(9)16)3(15)5(10,11)6(12,13)14. The number of hydrogen-bond acceptors (Lipinski definition) is 2. The molecule has 0 bridgehead atoms. The van der Waals surface area contributed by atoms with Gasteiger partial charge in [-0.2, -0.15) is 35.1 Å². The molecule has 10 heteroatoms. The number of hydrogen-bond donors (Lipinski definition) is 0. The van der Waals surface area contributed by atoms with Crippen molar-refractivity contribution in [1.29, 1.82) is 0 Å². The Morgan fingerprint density at radius 1 is 0.750 bits per heavy atom. The Morgan fingerprint density at radius 2 is 1.12 bits per heavy atom. The number of Topliss-reactive ketones (excluding diaryl/α,β-unsaturated/α-hetero) is 1. The van der Waals surface area contributed by atoms with Crippen molar-refractivity contribution in [2.45, 2.75) is 12.1 Å². The smallest absolute Gasteiger partial charge is 0.284 e. The number of ketones is 1. The molecule has 0 unspecified atom stereocenters. The predicted molar refractivity (Wildman–Crippen MR) is 31.4 cm³/mol. The van der Waals surface area contributed by atoms with Gasteiger partial charge in [-0.25, -0.2) is 0 Å². The van der Waals surface area contributed by atoms with E-state index in [-0.39, 0.29) is 0 Å². The number of halogens is 8. The summed E-state index contributed by atoms with van der Waals surface area (Å²) in [6, 6.07) is -3.27. The summed E-state index contributed by atoms with van der Waals surface area (Å²) in [6.07, 6.45) is -6.49. The van der Waals surface area contributed by atoms with Gasteiger partial charge in [0.15, 0.2) is 0 Å². The van der Waals surface area contributed by atoms with Crippen molar-refractivity contribution in [3.63, 3.8) is 0 Å². The third-order valence-corrected chi connectivity index (χ3v) is 1.21. The van der Waals surface area contributed by atoms with Gasteiger partial charge in [0.1, 0.15) is 0 Å². The average Bonchev–Trinajstić information content (AvgIpc) is 2.12. The van der Waals surface area contributed by atoms with E-state index >= 15 is 0 Å². The summed E-state index contributed by atoms with van der Waals surface area (Å²) in [4.78, 5) is 19.5. The third-order valence-electron chi connectivity index (χ3n) is 1.21. The van der Waals surface area contributed by atoms with Gasteiger partial charge in [-0.3, -0.25) is 9.59 Å². The Kier molecular flexibility index (Phi) is 3.79. The summed E-state index contributed by atoms with van der Waals surface area (Å²) < 4.78 is 94.0. The van der Waals surface area contributed by atoms with Crippen LogP contribution in [0.15, 0.2) is 11.7 Å². The lowest BCUT2D eigenvalue weighted by atomic mass is 10.1. The van der Waals surface area contributed by atoms with E-state index in [2.05, 4.69) is 0 Å². The fraction of sp³-hybridized carbons (Fsp3) is 0.333. The van der Waals surface area contributed by atoms with Crippen molar-refractivity contribution >= 4 is 11.8 Å². The van der Waals surface area contributed by atoms with Crippen LogP contribution in [0.2, 0.25) is 0 Å². The van der Waals surface area contributed by atoms with Crippen LogP contribution in [0.5, 0.6) is 0 Å². The molecule has 0 atom stereocenters. The maximum absolute atomic E-state index is 12.2. The van der Waals surface area contributed by atoms with E-state index in [9.17, 15) is 44.7 Å². The highest BCUT2D eigenvalue weighted by atomic mass is 19.4. The van der Waals surface area contributed by atoms with Crippen LogP contribution in [0.3, 0.4) is 0 Å². The van der Waals surface area contributed by atoms with Gasteiger partial charge in [0.25, 0.3) is 5.78 Å².